The summed E-state index contributed by atoms with van der Waals surface area (Å²) < 4.78 is 14.8. The van der Waals surface area contributed by atoms with E-state index in [0.29, 0.717) is 22.0 Å². The van der Waals surface area contributed by atoms with Crippen LogP contribution in [0.3, 0.4) is 0 Å². The first-order valence-corrected chi connectivity index (χ1v) is 9.59. The normalized spacial score (nSPS) is 11.8. The van der Waals surface area contributed by atoms with Crippen LogP contribution in [-0.2, 0) is 0 Å². The third kappa shape index (κ3) is 4.06. The van der Waals surface area contributed by atoms with Gasteiger partial charge in [-0.3, -0.25) is 9.78 Å². The summed E-state index contributed by atoms with van der Waals surface area (Å²) in [7, 11) is 0. The van der Waals surface area contributed by atoms with E-state index >= 15 is 0 Å². The number of halogens is 2. The lowest BCUT2D eigenvalue weighted by molar-refractivity contribution is 0.0935. The molecule has 4 rings (SSSR count). The van der Waals surface area contributed by atoms with Crippen LogP contribution in [-0.4, -0.2) is 25.9 Å². The number of aromatic nitrogens is 4. The number of rotatable bonds is 5. The summed E-state index contributed by atoms with van der Waals surface area (Å²) in [6.07, 6.45) is 3.29. The molecule has 1 N–H and O–H groups in total. The zero-order valence-electron chi connectivity index (χ0n) is 16.0. The van der Waals surface area contributed by atoms with Crippen molar-refractivity contribution in [3.63, 3.8) is 0 Å². The van der Waals surface area contributed by atoms with Gasteiger partial charge in [-0.1, -0.05) is 28.9 Å². The predicted molar refractivity (Wildman–Crippen MR) is 112 cm³/mol. The van der Waals surface area contributed by atoms with E-state index < -0.39 is 5.91 Å². The molecular weight excluding hydrogens is 405 g/mol. The highest BCUT2D eigenvalue weighted by atomic mass is 35.5. The molecule has 0 radical (unpaired) electrons. The summed E-state index contributed by atoms with van der Waals surface area (Å²) in [5.74, 6) is -0.729. The van der Waals surface area contributed by atoms with Crippen molar-refractivity contribution < 1.29 is 9.18 Å². The Bertz CT molecular complexity index is 1160. The molecule has 1 atom stereocenters. The van der Waals surface area contributed by atoms with Crippen molar-refractivity contribution in [3.8, 4) is 16.9 Å². The SMILES string of the molecule is C[C@@H](NC(=O)c1nnn(-c2ccc(Cl)cc2)c1-c1cccnc1)c1ccc(F)cc1. The van der Waals surface area contributed by atoms with Crippen LogP contribution in [0.15, 0.2) is 73.1 Å². The van der Waals surface area contributed by atoms with Gasteiger partial charge in [0.05, 0.1) is 11.7 Å². The van der Waals surface area contributed by atoms with Crippen LogP contribution >= 0.6 is 11.6 Å². The largest absolute Gasteiger partial charge is 0.344 e. The van der Waals surface area contributed by atoms with Gasteiger partial charge < -0.3 is 5.32 Å². The molecule has 0 fully saturated rings. The topological polar surface area (TPSA) is 72.7 Å². The predicted octanol–water partition coefficient (Wildman–Crippen LogP) is 4.61. The molecule has 1 amide bonds. The van der Waals surface area contributed by atoms with Crippen LogP contribution in [0.2, 0.25) is 5.02 Å². The van der Waals surface area contributed by atoms with Gasteiger partial charge in [0.15, 0.2) is 5.69 Å². The molecule has 0 unspecified atom stereocenters. The highest BCUT2D eigenvalue weighted by Crippen LogP contribution is 2.26. The number of nitrogens with one attached hydrogen (secondary N) is 1. The highest BCUT2D eigenvalue weighted by molar-refractivity contribution is 6.30. The molecule has 150 valence electrons. The molecule has 6 nitrogen and oxygen atoms in total. The summed E-state index contributed by atoms with van der Waals surface area (Å²) in [4.78, 5) is 17.2. The molecule has 0 bridgehead atoms. The van der Waals surface area contributed by atoms with Crippen molar-refractivity contribution >= 4 is 17.5 Å². The smallest absolute Gasteiger partial charge is 0.274 e. The van der Waals surface area contributed by atoms with Crippen LogP contribution in [0.1, 0.15) is 29.0 Å². The van der Waals surface area contributed by atoms with Gasteiger partial charge in [0.2, 0.25) is 0 Å². The van der Waals surface area contributed by atoms with E-state index in [4.69, 9.17) is 11.6 Å². The van der Waals surface area contributed by atoms with Gasteiger partial charge in [0.25, 0.3) is 5.91 Å². The first-order valence-electron chi connectivity index (χ1n) is 9.21. The number of benzene rings is 2. The molecule has 2 aromatic heterocycles. The molecule has 0 aliphatic rings. The third-order valence-corrected chi connectivity index (χ3v) is 4.86. The zero-order chi connectivity index (χ0) is 21.1. The summed E-state index contributed by atoms with van der Waals surface area (Å²) in [5, 5.41) is 11.8. The van der Waals surface area contributed by atoms with E-state index in [1.54, 1.807) is 59.5 Å². The van der Waals surface area contributed by atoms with Gasteiger partial charge in [0, 0.05) is 23.0 Å². The molecule has 2 heterocycles. The number of hydrogen-bond donors (Lipinski definition) is 1. The summed E-state index contributed by atoms with van der Waals surface area (Å²) in [6.45, 7) is 1.82. The Balaban J connectivity index is 1.71. The molecule has 0 spiro atoms. The minimum absolute atomic E-state index is 0.159. The molecule has 30 heavy (non-hydrogen) atoms. The lowest BCUT2D eigenvalue weighted by Crippen LogP contribution is -2.27. The third-order valence-electron chi connectivity index (χ3n) is 4.61. The Kier molecular flexibility index (Phi) is 5.54. The molecule has 4 aromatic rings. The van der Waals surface area contributed by atoms with Crippen LogP contribution in [0.25, 0.3) is 16.9 Å². The van der Waals surface area contributed by atoms with Gasteiger partial charge in [-0.25, -0.2) is 9.07 Å². The lowest BCUT2D eigenvalue weighted by atomic mass is 10.1. The Morgan fingerprint density at radius 3 is 2.50 bits per heavy atom. The van der Waals surface area contributed by atoms with Crippen molar-refractivity contribution in [2.45, 2.75) is 13.0 Å². The van der Waals surface area contributed by atoms with Crippen molar-refractivity contribution in [2.24, 2.45) is 0 Å². The van der Waals surface area contributed by atoms with Crippen LogP contribution in [0, 0.1) is 5.82 Å². The maximum absolute atomic E-state index is 13.2. The molecular formula is C22H17ClFN5O. The number of nitrogens with zero attached hydrogens (tertiary/aromatic N) is 4. The minimum Gasteiger partial charge on any atom is -0.344 e. The molecule has 0 aliphatic carbocycles. The van der Waals surface area contributed by atoms with E-state index in [9.17, 15) is 9.18 Å². The monoisotopic (exact) mass is 421 g/mol. The van der Waals surface area contributed by atoms with Crippen LogP contribution < -0.4 is 5.32 Å². The Hall–Kier alpha value is -3.58. The lowest BCUT2D eigenvalue weighted by Gasteiger charge is -2.14. The van der Waals surface area contributed by atoms with Crippen molar-refractivity contribution in [1.82, 2.24) is 25.3 Å². The molecule has 0 saturated carbocycles. The minimum atomic E-state index is -0.397. The van der Waals surface area contributed by atoms with Gasteiger partial charge >= 0.3 is 0 Å². The Morgan fingerprint density at radius 1 is 1.10 bits per heavy atom. The average molecular weight is 422 g/mol. The zero-order valence-corrected chi connectivity index (χ0v) is 16.7. The summed E-state index contributed by atoms with van der Waals surface area (Å²) in [5.41, 5.74) is 2.84. The number of pyridine rings is 1. The second kappa shape index (κ2) is 8.42. The second-order valence-corrected chi connectivity index (χ2v) is 7.10. The first-order chi connectivity index (χ1) is 14.5. The van der Waals surface area contributed by atoms with E-state index in [-0.39, 0.29) is 17.6 Å². The van der Waals surface area contributed by atoms with Crippen LogP contribution in [0.4, 0.5) is 4.39 Å². The van der Waals surface area contributed by atoms with Gasteiger partial charge in [0.1, 0.15) is 11.5 Å². The fourth-order valence-corrected chi connectivity index (χ4v) is 3.19. The van der Waals surface area contributed by atoms with Crippen molar-refractivity contribution in [3.05, 3.63) is 95.2 Å². The van der Waals surface area contributed by atoms with Gasteiger partial charge in [-0.05, 0) is 61.0 Å². The molecule has 8 heteroatoms. The van der Waals surface area contributed by atoms with E-state index in [1.807, 2.05) is 13.0 Å². The fraction of sp³-hybridized carbons (Fsp3) is 0.0909. The van der Waals surface area contributed by atoms with Gasteiger partial charge in [-0.2, -0.15) is 0 Å². The second-order valence-electron chi connectivity index (χ2n) is 6.66. The van der Waals surface area contributed by atoms with Crippen molar-refractivity contribution in [1.29, 1.82) is 0 Å². The Morgan fingerprint density at radius 2 is 1.83 bits per heavy atom. The summed E-state index contributed by atoms with van der Waals surface area (Å²) in [6, 6.07) is 16.3. The molecule has 0 aliphatic heterocycles. The van der Waals surface area contributed by atoms with Gasteiger partial charge in [-0.15, -0.1) is 5.10 Å². The molecule has 0 saturated heterocycles. The standard InChI is InChI=1S/C22H17ClFN5O/c1-14(15-4-8-18(24)9-5-15)26-22(30)20-21(16-3-2-12-25-13-16)29(28-27-20)19-10-6-17(23)7-11-19/h2-14H,1H3,(H,26,30)/t14-/m1/s1. The maximum Gasteiger partial charge on any atom is 0.274 e. The summed E-state index contributed by atoms with van der Waals surface area (Å²) >= 11 is 5.99. The van der Waals surface area contributed by atoms with E-state index in [1.165, 1.54) is 12.1 Å². The van der Waals surface area contributed by atoms with E-state index in [2.05, 4.69) is 20.6 Å². The molecule has 2 aromatic carbocycles. The number of amides is 1. The quantitative estimate of drug-likeness (QED) is 0.510. The Labute approximate surface area is 177 Å². The average Bonchev–Trinajstić information content (AvgIpc) is 3.20. The van der Waals surface area contributed by atoms with Crippen molar-refractivity contribution in [2.75, 3.05) is 0 Å². The van der Waals surface area contributed by atoms with Crippen LogP contribution in [0.5, 0.6) is 0 Å². The highest BCUT2D eigenvalue weighted by Gasteiger charge is 2.23. The fourth-order valence-electron chi connectivity index (χ4n) is 3.06. The number of hydrogen-bond acceptors (Lipinski definition) is 4. The first kappa shape index (κ1) is 19.7. The van der Waals surface area contributed by atoms with E-state index in [0.717, 1.165) is 5.56 Å². The number of carbonyl (C=O) groups excluding carboxylic acids is 1. The number of carbonyl (C=O) groups is 1. The maximum atomic E-state index is 13.2.